The van der Waals surface area contributed by atoms with E-state index in [9.17, 15) is 13.2 Å². The minimum absolute atomic E-state index is 0.0996. The van der Waals surface area contributed by atoms with Crippen LogP contribution in [-0.4, -0.2) is 30.7 Å². The van der Waals surface area contributed by atoms with E-state index in [4.69, 9.17) is 5.10 Å². The van der Waals surface area contributed by atoms with Crippen molar-refractivity contribution in [2.45, 2.75) is 37.0 Å². The maximum Gasteiger partial charge on any atom is 0.256 e. The minimum Gasteiger partial charge on any atom is -0.306 e. The van der Waals surface area contributed by atoms with Gasteiger partial charge in [0, 0.05) is 17.7 Å². The van der Waals surface area contributed by atoms with E-state index in [1.165, 1.54) is 12.1 Å². The molecule has 7 nitrogen and oxygen atoms in total. The van der Waals surface area contributed by atoms with Gasteiger partial charge in [-0.3, -0.25) is 4.79 Å². The molecule has 3 aromatic rings. The summed E-state index contributed by atoms with van der Waals surface area (Å²) in [7, 11) is -3.64. The van der Waals surface area contributed by atoms with Crippen LogP contribution in [0, 0.1) is 5.92 Å². The van der Waals surface area contributed by atoms with Crippen LogP contribution < -0.4 is 10.0 Å². The van der Waals surface area contributed by atoms with Crippen molar-refractivity contribution < 1.29 is 13.2 Å². The second-order valence-electron chi connectivity index (χ2n) is 8.15. The SMILES string of the molecule is O=C(Nc1c2c(nn1-c1ccccc1)CCC2)c1cccc(S(=O)(=O)NCC2CC2)c1. The van der Waals surface area contributed by atoms with Gasteiger partial charge in [0.25, 0.3) is 5.91 Å². The zero-order valence-electron chi connectivity index (χ0n) is 17.0. The van der Waals surface area contributed by atoms with E-state index in [0.717, 1.165) is 49.0 Å². The van der Waals surface area contributed by atoms with Crippen LogP contribution in [0.5, 0.6) is 0 Å². The summed E-state index contributed by atoms with van der Waals surface area (Å²) in [6.07, 6.45) is 4.88. The Balaban J connectivity index is 1.42. The molecule has 160 valence electrons. The van der Waals surface area contributed by atoms with Crippen molar-refractivity contribution in [2.75, 3.05) is 11.9 Å². The molecular formula is C23H24N4O3S. The van der Waals surface area contributed by atoms with Crippen LogP contribution in [0.2, 0.25) is 0 Å². The van der Waals surface area contributed by atoms with Gasteiger partial charge in [-0.25, -0.2) is 17.8 Å². The highest BCUT2D eigenvalue weighted by atomic mass is 32.2. The molecular weight excluding hydrogens is 412 g/mol. The summed E-state index contributed by atoms with van der Waals surface area (Å²) in [5, 5.41) is 7.70. The molecule has 1 fully saturated rings. The number of hydrogen-bond acceptors (Lipinski definition) is 4. The highest BCUT2D eigenvalue weighted by Crippen LogP contribution is 2.31. The summed E-state index contributed by atoms with van der Waals surface area (Å²) in [5.41, 5.74) is 3.21. The van der Waals surface area contributed by atoms with E-state index in [1.54, 1.807) is 16.8 Å². The van der Waals surface area contributed by atoms with Crippen molar-refractivity contribution in [2.24, 2.45) is 5.92 Å². The topological polar surface area (TPSA) is 93.1 Å². The van der Waals surface area contributed by atoms with Crippen molar-refractivity contribution in [1.82, 2.24) is 14.5 Å². The van der Waals surface area contributed by atoms with E-state index in [-0.39, 0.29) is 10.8 Å². The fourth-order valence-electron chi connectivity index (χ4n) is 3.89. The predicted molar refractivity (Wildman–Crippen MR) is 118 cm³/mol. The molecule has 1 saturated carbocycles. The van der Waals surface area contributed by atoms with E-state index < -0.39 is 10.0 Å². The molecule has 2 N–H and O–H groups in total. The Morgan fingerprint density at radius 2 is 1.87 bits per heavy atom. The molecule has 5 rings (SSSR count). The van der Waals surface area contributed by atoms with Crippen LogP contribution in [0.1, 0.15) is 40.9 Å². The number of rotatable bonds is 7. The van der Waals surface area contributed by atoms with E-state index in [1.807, 2.05) is 30.3 Å². The van der Waals surface area contributed by atoms with Crippen molar-refractivity contribution >= 4 is 21.7 Å². The second-order valence-corrected chi connectivity index (χ2v) is 9.92. The number of hydrogen-bond donors (Lipinski definition) is 2. The Bertz CT molecular complexity index is 1230. The summed E-state index contributed by atoms with van der Waals surface area (Å²) in [6.45, 7) is 0.446. The first kappa shape index (κ1) is 20.0. The number of amides is 1. The van der Waals surface area contributed by atoms with Crippen LogP contribution in [0.3, 0.4) is 0 Å². The second kappa shape index (κ2) is 7.94. The third-order valence-corrected chi connectivity index (χ3v) is 7.23. The summed E-state index contributed by atoms with van der Waals surface area (Å²) in [4.78, 5) is 13.2. The number of carbonyl (C=O) groups is 1. The van der Waals surface area contributed by atoms with E-state index >= 15 is 0 Å². The number of para-hydroxylation sites is 1. The van der Waals surface area contributed by atoms with Gasteiger partial charge in [0.2, 0.25) is 10.0 Å². The normalized spacial score (nSPS) is 15.6. The standard InChI is InChI=1S/C23H24N4O3S/c28-23(17-6-4-9-19(14-17)31(29,30)24-15-16-12-13-16)25-22-20-10-5-11-21(20)26-27(22)18-7-2-1-3-8-18/h1-4,6-9,14,16,24H,5,10-13,15H2,(H,25,28). The molecule has 0 unspecified atom stereocenters. The first-order valence-electron chi connectivity index (χ1n) is 10.6. The molecule has 8 heteroatoms. The fraction of sp³-hybridized carbons (Fsp3) is 0.304. The number of nitrogens with one attached hydrogen (secondary N) is 2. The maximum absolute atomic E-state index is 13.1. The minimum atomic E-state index is -3.64. The largest absolute Gasteiger partial charge is 0.306 e. The van der Waals surface area contributed by atoms with Crippen LogP contribution in [0.25, 0.3) is 5.69 Å². The Morgan fingerprint density at radius 1 is 1.06 bits per heavy atom. The summed E-state index contributed by atoms with van der Waals surface area (Å²) in [5.74, 6) is 0.733. The molecule has 2 aromatic carbocycles. The first-order valence-corrected chi connectivity index (χ1v) is 12.1. The zero-order valence-corrected chi connectivity index (χ0v) is 17.9. The van der Waals surface area contributed by atoms with Gasteiger partial charge in [-0.1, -0.05) is 24.3 Å². The average molecular weight is 437 g/mol. The first-order chi connectivity index (χ1) is 15.0. The lowest BCUT2D eigenvalue weighted by Gasteiger charge is -2.12. The molecule has 2 aliphatic carbocycles. The molecule has 0 bridgehead atoms. The molecule has 31 heavy (non-hydrogen) atoms. The summed E-state index contributed by atoms with van der Waals surface area (Å²) in [6, 6.07) is 15.8. The van der Waals surface area contributed by atoms with Gasteiger partial charge in [0.15, 0.2) is 0 Å². The van der Waals surface area contributed by atoms with Crippen LogP contribution in [0.15, 0.2) is 59.5 Å². The Labute approximate surface area is 181 Å². The van der Waals surface area contributed by atoms with Gasteiger partial charge < -0.3 is 5.32 Å². The third kappa shape index (κ3) is 4.13. The van der Waals surface area contributed by atoms with Crippen molar-refractivity contribution in [3.8, 4) is 5.69 Å². The van der Waals surface area contributed by atoms with Gasteiger partial charge in [0.1, 0.15) is 5.82 Å². The number of fused-ring (bicyclic) bond motifs is 1. The van der Waals surface area contributed by atoms with Gasteiger partial charge in [-0.05, 0) is 68.4 Å². The molecule has 0 atom stereocenters. The highest BCUT2D eigenvalue weighted by molar-refractivity contribution is 7.89. The molecule has 0 saturated heterocycles. The van der Waals surface area contributed by atoms with Crippen LogP contribution in [0.4, 0.5) is 5.82 Å². The van der Waals surface area contributed by atoms with Crippen molar-refractivity contribution in [3.63, 3.8) is 0 Å². The molecule has 2 aliphatic rings. The zero-order chi connectivity index (χ0) is 21.4. The predicted octanol–water partition coefficient (Wildman–Crippen LogP) is 3.30. The summed E-state index contributed by atoms with van der Waals surface area (Å²) < 4.78 is 29.6. The van der Waals surface area contributed by atoms with E-state index in [0.29, 0.717) is 23.8 Å². The smallest absolute Gasteiger partial charge is 0.256 e. The number of aromatic nitrogens is 2. The lowest BCUT2D eigenvalue weighted by Crippen LogP contribution is -2.26. The lowest BCUT2D eigenvalue weighted by molar-refractivity contribution is 0.102. The lowest BCUT2D eigenvalue weighted by atomic mass is 10.2. The number of anilines is 1. The third-order valence-electron chi connectivity index (χ3n) is 5.81. The number of sulfonamides is 1. The van der Waals surface area contributed by atoms with Gasteiger partial charge >= 0.3 is 0 Å². The Hall–Kier alpha value is -2.97. The number of aryl methyl sites for hydroxylation is 1. The monoisotopic (exact) mass is 436 g/mol. The number of carbonyl (C=O) groups excluding carboxylic acids is 1. The molecule has 1 heterocycles. The van der Waals surface area contributed by atoms with Gasteiger partial charge in [-0.15, -0.1) is 0 Å². The van der Waals surface area contributed by atoms with Crippen LogP contribution >= 0.6 is 0 Å². The Kier molecular flexibility index (Phi) is 5.11. The maximum atomic E-state index is 13.1. The average Bonchev–Trinajstić information content (AvgIpc) is 3.41. The molecule has 1 aromatic heterocycles. The van der Waals surface area contributed by atoms with Crippen molar-refractivity contribution in [3.05, 3.63) is 71.4 Å². The quantitative estimate of drug-likeness (QED) is 0.594. The molecule has 0 radical (unpaired) electrons. The highest BCUT2D eigenvalue weighted by Gasteiger charge is 2.26. The number of benzene rings is 2. The number of nitrogens with zero attached hydrogens (tertiary/aromatic N) is 2. The van der Waals surface area contributed by atoms with Crippen molar-refractivity contribution in [1.29, 1.82) is 0 Å². The van der Waals surface area contributed by atoms with E-state index in [2.05, 4.69) is 10.0 Å². The Morgan fingerprint density at radius 3 is 2.65 bits per heavy atom. The molecule has 1 amide bonds. The van der Waals surface area contributed by atoms with Gasteiger partial charge in [-0.2, -0.15) is 5.10 Å². The molecule has 0 aliphatic heterocycles. The summed E-state index contributed by atoms with van der Waals surface area (Å²) >= 11 is 0. The molecule has 0 spiro atoms. The fourth-order valence-corrected chi connectivity index (χ4v) is 5.05. The van der Waals surface area contributed by atoms with Crippen LogP contribution in [-0.2, 0) is 22.9 Å². The van der Waals surface area contributed by atoms with Gasteiger partial charge in [0.05, 0.1) is 16.3 Å².